The van der Waals surface area contributed by atoms with Gasteiger partial charge in [0.2, 0.25) is 11.6 Å². The van der Waals surface area contributed by atoms with Crippen LogP contribution in [0.5, 0.6) is 11.5 Å². The fourth-order valence-corrected chi connectivity index (χ4v) is 5.46. The van der Waals surface area contributed by atoms with E-state index in [1.54, 1.807) is 19.9 Å². The fraction of sp³-hybridized carbons (Fsp3) is 0.419. The molecule has 0 heterocycles. The normalized spacial score (nSPS) is 17.3. The Balaban J connectivity index is 1.37. The quantitative estimate of drug-likeness (QED) is 0.235. The lowest BCUT2D eigenvalue weighted by Crippen LogP contribution is -2.16. The Morgan fingerprint density at radius 1 is 0.538 bits per heavy atom. The molecule has 0 aromatic heterocycles. The third-order valence-electron chi connectivity index (χ3n) is 7.49. The lowest BCUT2D eigenvalue weighted by Gasteiger charge is -2.30. The summed E-state index contributed by atoms with van der Waals surface area (Å²) in [5, 5.41) is 0. The molecule has 1 aliphatic carbocycles. The predicted octanol–water partition coefficient (Wildman–Crippen LogP) is 8.94. The van der Waals surface area contributed by atoms with Gasteiger partial charge in [0.15, 0.2) is 34.8 Å². The molecule has 0 atom stereocenters. The summed E-state index contributed by atoms with van der Waals surface area (Å²) in [6.07, 6.45) is 2.67. The molecular formula is C31H32F6O2. The summed E-state index contributed by atoms with van der Waals surface area (Å²) in [5.74, 6) is -6.55. The highest BCUT2D eigenvalue weighted by Crippen LogP contribution is 2.43. The highest BCUT2D eigenvalue weighted by atomic mass is 19.2. The van der Waals surface area contributed by atoms with Crippen molar-refractivity contribution >= 4 is 0 Å². The molecule has 0 unspecified atom stereocenters. The minimum absolute atomic E-state index is 0.123. The average Bonchev–Trinajstić information content (AvgIpc) is 2.93. The second-order valence-corrected chi connectivity index (χ2v) is 9.84. The third-order valence-corrected chi connectivity index (χ3v) is 7.49. The second-order valence-electron chi connectivity index (χ2n) is 9.84. The van der Waals surface area contributed by atoms with E-state index in [1.807, 2.05) is 0 Å². The number of hydrogen-bond acceptors (Lipinski definition) is 2. The van der Waals surface area contributed by atoms with Crippen LogP contribution in [0.2, 0.25) is 0 Å². The van der Waals surface area contributed by atoms with Crippen molar-refractivity contribution in [3.8, 4) is 11.5 Å². The molecule has 2 nitrogen and oxygen atoms in total. The van der Waals surface area contributed by atoms with Crippen LogP contribution in [0.1, 0.15) is 80.0 Å². The summed E-state index contributed by atoms with van der Waals surface area (Å²) in [4.78, 5) is 0. The van der Waals surface area contributed by atoms with E-state index in [9.17, 15) is 22.0 Å². The first kappa shape index (κ1) is 28.8. The predicted molar refractivity (Wildman–Crippen MR) is 137 cm³/mol. The van der Waals surface area contributed by atoms with Gasteiger partial charge in [-0.1, -0.05) is 24.3 Å². The zero-order valence-electron chi connectivity index (χ0n) is 22.1. The van der Waals surface area contributed by atoms with E-state index in [-0.39, 0.29) is 71.6 Å². The van der Waals surface area contributed by atoms with Crippen LogP contribution in [0.15, 0.2) is 36.4 Å². The summed E-state index contributed by atoms with van der Waals surface area (Å²) in [6, 6.07) is 8.88. The van der Waals surface area contributed by atoms with E-state index in [4.69, 9.17) is 9.47 Å². The average molecular weight is 551 g/mol. The van der Waals surface area contributed by atoms with Gasteiger partial charge in [-0.3, -0.25) is 0 Å². The Morgan fingerprint density at radius 2 is 0.923 bits per heavy atom. The second kappa shape index (κ2) is 12.8. The van der Waals surface area contributed by atoms with Crippen LogP contribution in [0, 0.1) is 34.9 Å². The van der Waals surface area contributed by atoms with Crippen molar-refractivity contribution in [3.63, 3.8) is 0 Å². The van der Waals surface area contributed by atoms with Gasteiger partial charge in [-0.25, -0.2) is 17.6 Å². The largest absolute Gasteiger partial charge is 0.491 e. The van der Waals surface area contributed by atoms with Crippen molar-refractivity contribution in [1.29, 1.82) is 0 Å². The highest BCUT2D eigenvalue weighted by Gasteiger charge is 2.29. The van der Waals surface area contributed by atoms with Crippen molar-refractivity contribution in [2.24, 2.45) is 0 Å². The lowest BCUT2D eigenvalue weighted by atomic mass is 9.75. The molecule has 0 spiro atoms. The standard InChI is InChI=1S/C31H32F6O2/c1-3-38-24-16-13-21(27(33)30(24)36)7-5-6-20-12-14-22(28(34)26(20)32)18-8-10-19(11-9-18)23-15-17-25(39-4-2)31(37)29(23)35/h12-19H,3-11H2,1-2H3. The summed E-state index contributed by atoms with van der Waals surface area (Å²) >= 11 is 0. The molecule has 8 heteroatoms. The molecule has 210 valence electrons. The topological polar surface area (TPSA) is 18.5 Å². The van der Waals surface area contributed by atoms with E-state index in [1.165, 1.54) is 30.3 Å². The van der Waals surface area contributed by atoms with Crippen LogP contribution in [-0.2, 0) is 12.8 Å². The highest BCUT2D eigenvalue weighted by molar-refractivity contribution is 5.35. The Labute approximate surface area is 225 Å². The maximum Gasteiger partial charge on any atom is 0.200 e. The minimum Gasteiger partial charge on any atom is -0.491 e. The number of aryl methyl sites for hydroxylation is 2. The number of hydrogen-bond donors (Lipinski definition) is 0. The van der Waals surface area contributed by atoms with E-state index < -0.39 is 34.9 Å². The van der Waals surface area contributed by atoms with Crippen molar-refractivity contribution in [2.75, 3.05) is 13.2 Å². The van der Waals surface area contributed by atoms with E-state index in [0.717, 1.165) is 0 Å². The maximum absolute atomic E-state index is 15.1. The van der Waals surface area contributed by atoms with Gasteiger partial charge in [-0.15, -0.1) is 0 Å². The monoisotopic (exact) mass is 550 g/mol. The molecule has 4 rings (SSSR count). The zero-order chi connectivity index (χ0) is 28.1. The van der Waals surface area contributed by atoms with Crippen LogP contribution >= 0.6 is 0 Å². The van der Waals surface area contributed by atoms with Crippen molar-refractivity contribution in [3.05, 3.63) is 93.6 Å². The van der Waals surface area contributed by atoms with Crippen LogP contribution in [0.4, 0.5) is 26.3 Å². The molecule has 0 radical (unpaired) electrons. The molecule has 0 N–H and O–H groups in total. The summed E-state index contributed by atoms with van der Waals surface area (Å²) in [5.41, 5.74) is 0.866. The van der Waals surface area contributed by atoms with Crippen LogP contribution in [0.25, 0.3) is 0 Å². The van der Waals surface area contributed by atoms with Gasteiger partial charge in [0.05, 0.1) is 13.2 Å². The van der Waals surface area contributed by atoms with Gasteiger partial charge < -0.3 is 9.47 Å². The van der Waals surface area contributed by atoms with Crippen molar-refractivity contribution < 1.29 is 35.8 Å². The van der Waals surface area contributed by atoms with Gasteiger partial charge in [0.1, 0.15) is 0 Å². The Bertz CT molecular complexity index is 1300. The molecule has 1 saturated carbocycles. The lowest BCUT2D eigenvalue weighted by molar-refractivity contribution is 0.310. The van der Waals surface area contributed by atoms with Gasteiger partial charge >= 0.3 is 0 Å². The van der Waals surface area contributed by atoms with Crippen LogP contribution < -0.4 is 9.47 Å². The fourth-order valence-electron chi connectivity index (χ4n) is 5.46. The van der Waals surface area contributed by atoms with Crippen LogP contribution in [-0.4, -0.2) is 13.2 Å². The van der Waals surface area contributed by atoms with Gasteiger partial charge in [0.25, 0.3) is 0 Å². The molecule has 0 saturated heterocycles. The number of benzene rings is 3. The third kappa shape index (κ3) is 6.20. The van der Waals surface area contributed by atoms with Gasteiger partial charge in [0, 0.05) is 0 Å². The SMILES string of the molecule is CCOc1ccc(CCCc2ccc(C3CCC(c4ccc(OCC)c(F)c4F)CC3)c(F)c2F)c(F)c1F. The molecular weight excluding hydrogens is 518 g/mol. The first-order valence-electron chi connectivity index (χ1n) is 13.4. The molecule has 0 amide bonds. The molecule has 0 bridgehead atoms. The Hall–Kier alpha value is -3.16. The van der Waals surface area contributed by atoms with Gasteiger partial charge in [-0.05, 0) is 105 Å². The molecule has 0 aliphatic heterocycles. The number of rotatable bonds is 10. The maximum atomic E-state index is 15.1. The first-order chi connectivity index (χ1) is 18.8. The molecule has 3 aromatic rings. The molecule has 1 aliphatic rings. The Morgan fingerprint density at radius 3 is 1.44 bits per heavy atom. The van der Waals surface area contributed by atoms with E-state index >= 15 is 4.39 Å². The van der Waals surface area contributed by atoms with Crippen molar-refractivity contribution in [1.82, 2.24) is 0 Å². The van der Waals surface area contributed by atoms with Crippen LogP contribution in [0.3, 0.4) is 0 Å². The van der Waals surface area contributed by atoms with Crippen molar-refractivity contribution in [2.45, 2.75) is 70.6 Å². The molecule has 3 aromatic carbocycles. The first-order valence-corrected chi connectivity index (χ1v) is 13.4. The Kier molecular flexibility index (Phi) is 9.46. The zero-order valence-corrected chi connectivity index (χ0v) is 22.1. The molecule has 39 heavy (non-hydrogen) atoms. The summed E-state index contributed by atoms with van der Waals surface area (Å²) < 4.78 is 97.5. The smallest absolute Gasteiger partial charge is 0.200 e. The number of halogens is 6. The van der Waals surface area contributed by atoms with E-state index in [0.29, 0.717) is 32.1 Å². The molecule has 1 fully saturated rings. The van der Waals surface area contributed by atoms with E-state index in [2.05, 4.69) is 0 Å². The van der Waals surface area contributed by atoms with Gasteiger partial charge in [-0.2, -0.15) is 8.78 Å². The number of ether oxygens (including phenoxy) is 2. The minimum atomic E-state index is -1.05. The summed E-state index contributed by atoms with van der Waals surface area (Å²) in [6.45, 7) is 3.79. The summed E-state index contributed by atoms with van der Waals surface area (Å²) in [7, 11) is 0.